The van der Waals surface area contributed by atoms with E-state index in [1.165, 1.54) is 11.3 Å². The SMILES string of the molecule is Cc1ccc(CN(C)C(=O)c2sc3nc4n(c(=O)c3c2C)CCCCC4)o1. The van der Waals surface area contributed by atoms with Crippen LogP contribution in [0.15, 0.2) is 21.3 Å². The largest absolute Gasteiger partial charge is 0.464 e. The maximum absolute atomic E-state index is 13.0. The Morgan fingerprint density at radius 2 is 2.11 bits per heavy atom. The molecule has 0 saturated carbocycles. The van der Waals surface area contributed by atoms with Crippen molar-refractivity contribution >= 4 is 27.5 Å². The van der Waals surface area contributed by atoms with Gasteiger partial charge in [0.05, 0.1) is 16.8 Å². The Morgan fingerprint density at radius 3 is 2.85 bits per heavy atom. The summed E-state index contributed by atoms with van der Waals surface area (Å²) in [6.45, 7) is 4.84. The molecule has 4 heterocycles. The second-order valence-corrected chi connectivity index (χ2v) is 8.20. The number of furan rings is 1. The molecule has 4 rings (SSSR count). The van der Waals surface area contributed by atoms with Crippen molar-refractivity contribution in [2.45, 2.75) is 52.6 Å². The van der Waals surface area contributed by atoms with Crippen LogP contribution in [0.3, 0.4) is 0 Å². The molecule has 0 unspecified atom stereocenters. The number of nitrogens with zero attached hydrogens (tertiary/aromatic N) is 3. The first-order valence-electron chi connectivity index (χ1n) is 9.29. The summed E-state index contributed by atoms with van der Waals surface area (Å²) < 4.78 is 7.38. The summed E-state index contributed by atoms with van der Waals surface area (Å²) >= 11 is 1.32. The van der Waals surface area contributed by atoms with Crippen LogP contribution in [0.1, 0.15) is 51.8 Å². The van der Waals surface area contributed by atoms with Gasteiger partial charge in [0.2, 0.25) is 0 Å². The summed E-state index contributed by atoms with van der Waals surface area (Å²) in [5.74, 6) is 2.31. The second kappa shape index (κ2) is 6.96. The third kappa shape index (κ3) is 3.20. The Kier molecular flexibility index (Phi) is 4.63. The van der Waals surface area contributed by atoms with Gasteiger partial charge >= 0.3 is 0 Å². The van der Waals surface area contributed by atoms with E-state index in [1.807, 2.05) is 26.0 Å². The average molecular weight is 385 g/mol. The van der Waals surface area contributed by atoms with Gasteiger partial charge in [0.1, 0.15) is 22.2 Å². The molecular weight excluding hydrogens is 362 g/mol. The summed E-state index contributed by atoms with van der Waals surface area (Å²) in [6, 6.07) is 3.76. The van der Waals surface area contributed by atoms with E-state index in [0.717, 1.165) is 48.6 Å². The number of aryl methyl sites for hydroxylation is 3. The fraction of sp³-hybridized carbons (Fsp3) is 0.450. The van der Waals surface area contributed by atoms with E-state index in [-0.39, 0.29) is 11.5 Å². The summed E-state index contributed by atoms with van der Waals surface area (Å²) in [6.07, 6.45) is 4.00. The fourth-order valence-electron chi connectivity index (χ4n) is 3.66. The van der Waals surface area contributed by atoms with Crippen LogP contribution in [0.25, 0.3) is 10.2 Å². The van der Waals surface area contributed by atoms with Crippen molar-refractivity contribution in [2.24, 2.45) is 0 Å². The third-order valence-electron chi connectivity index (χ3n) is 5.14. The quantitative estimate of drug-likeness (QED) is 0.690. The lowest BCUT2D eigenvalue weighted by atomic mass is 10.2. The van der Waals surface area contributed by atoms with Crippen molar-refractivity contribution in [3.05, 3.63) is 50.3 Å². The zero-order valence-corrected chi connectivity index (χ0v) is 16.7. The second-order valence-electron chi connectivity index (χ2n) is 7.21. The van der Waals surface area contributed by atoms with Gasteiger partial charge in [0.15, 0.2) is 0 Å². The molecule has 0 radical (unpaired) electrons. The van der Waals surface area contributed by atoms with Crippen LogP contribution in [0.5, 0.6) is 0 Å². The fourth-order valence-corrected chi connectivity index (χ4v) is 4.85. The molecule has 1 amide bonds. The lowest BCUT2D eigenvalue weighted by Gasteiger charge is -2.15. The number of fused-ring (bicyclic) bond motifs is 2. The molecule has 1 aliphatic heterocycles. The highest BCUT2D eigenvalue weighted by Crippen LogP contribution is 2.29. The predicted molar refractivity (Wildman–Crippen MR) is 105 cm³/mol. The first-order chi connectivity index (χ1) is 13.0. The highest BCUT2D eigenvalue weighted by Gasteiger charge is 2.24. The van der Waals surface area contributed by atoms with Crippen LogP contribution in [0.2, 0.25) is 0 Å². The number of rotatable bonds is 3. The van der Waals surface area contributed by atoms with Crippen LogP contribution in [0, 0.1) is 13.8 Å². The molecule has 6 nitrogen and oxygen atoms in total. The number of hydrogen-bond acceptors (Lipinski definition) is 5. The van der Waals surface area contributed by atoms with Crippen molar-refractivity contribution in [3.63, 3.8) is 0 Å². The Morgan fingerprint density at radius 1 is 1.30 bits per heavy atom. The predicted octanol–water partition coefficient (Wildman–Crippen LogP) is 3.67. The van der Waals surface area contributed by atoms with Gasteiger partial charge < -0.3 is 9.32 Å². The van der Waals surface area contributed by atoms with Crippen molar-refractivity contribution < 1.29 is 9.21 Å². The van der Waals surface area contributed by atoms with Crippen molar-refractivity contribution in [2.75, 3.05) is 7.05 Å². The molecule has 0 atom stereocenters. The lowest BCUT2D eigenvalue weighted by molar-refractivity contribution is 0.0779. The number of amides is 1. The van der Waals surface area contributed by atoms with E-state index in [4.69, 9.17) is 9.40 Å². The summed E-state index contributed by atoms with van der Waals surface area (Å²) in [5, 5.41) is 0.594. The Labute approximate surface area is 161 Å². The standard InChI is InChI=1S/C20H23N3O3S/c1-12-8-9-14(26-12)11-22(3)20(25)17-13(2)16-18(27-17)21-15-7-5-4-6-10-23(15)19(16)24/h8-9H,4-7,10-11H2,1-3H3. The molecule has 3 aromatic rings. The number of carbonyl (C=O) groups is 1. The van der Waals surface area contributed by atoms with Crippen LogP contribution in [0.4, 0.5) is 0 Å². The molecule has 0 fully saturated rings. The number of hydrogen-bond donors (Lipinski definition) is 0. The Hall–Kier alpha value is -2.41. The van der Waals surface area contributed by atoms with Gasteiger partial charge in [-0.2, -0.15) is 0 Å². The van der Waals surface area contributed by atoms with E-state index < -0.39 is 0 Å². The Bertz CT molecular complexity index is 1080. The summed E-state index contributed by atoms with van der Waals surface area (Å²) in [5.41, 5.74) is 0.730. The minimum absolute atomic E-state index is 0.00554. The third-order valence-corrected chi connectivity index (χ3v) is 6.32. The van der Waals surface area contributed by atoms with Crippen LogP contribution in [-0.2, 0) is 19.5 Å². The molecule has 142 valence electrons. The van der Waals surface area contributed by atoms with Gasteiger partial charge in [0, 0.05) is 20.0 Å². The molecular formula is C20H23N3O3S. The molecule has 0 aromatic carbocycles. The normalized spacial score (nSPS) is 14.2. The number of aromatic nitrogens is 2. The molecule has 0 aliphatic carbocycles. The highest BCUT2D eigenvalue weighted by atomic mass is 32.1. The van der Waals surface area contributed by atoms with Crippen LogP contribution in [-0.4, -0.2) is 27.4 Å². The molecule has 3 aromatic heterocycles. The van der Waals surface area contributed by atoms with E-state index >= 15 is 0 Å². The molecule has 0 N–H and O–H groups in total. The molecule has 0 saturated heterocycles. The average Bonchev–Trinajstić information content (AvgIpc) is 3.08. The van der Waals surface area contributed by atoms with Gasteiger partial charge in [-0.1, -0.05) is 6.42 Å². The van der Waals surface area contributed by atoms with Gasteiger partial charge in [-0.25, -0.2) is 4.98 Å². The lowest BCUT2D eigenvalue weighted by Crippen LogP contribution is -2.26. The van der Waals surface area contributed by atoms with Crippen molar-refractivity contribution in [1.29, 1.82) is 0 Å². The van der Waals surface area contributed by atoms with Crippen molar-refractivity contribution in [3.8, 4) is 0 Å². The Balaban J connectivity index is 1.72. The molecule has 1 aliphatic rings. The minimum Gasteiger partial charge on any atom is -0.464 e. The first-order valence-corrected chi connectivity index (χ1v) is 10.1. The van der Waals surface area contributed by atoms with Gasteiger partial charge in [-0.05, 0) is 44.4 Å². The number of thiophene rings is 1. The topological polar surface area (TPSA) is 68.3 Å². The highest BCUT2D eigenvalue weighted by molar-refractivity contribution is 7.20. The van der Waals surface area contributed by atoms with Crippen LogP contribution < -0.4 is 5.56 Å². The van der Waals surface area contributed by atoms with Gasteiger partial charge in [-0.15, -0.1) is 11.3 Å². The van der Waals surface area contributed by atoms with E-state index in [1.54, 1.807) is 16.5 Å². The zero-order valence-electron chi connectivity index (χ0n) is 15.9. The van der Waals surface area contributed by atoms with Crippen LogP contribution >= 0.6 is 11.3 Å². The van der Waals surface area contributed by atoms with E-state index in [2.05, 4.69) is 0 Å². The minimum atomic E-state index is -0.107. The monoisotopic (exact) mass is 385 g/mol. The molecule has 0 bridgehead atoms. The maximum atomic E-state index is 13.0. The van der Waals surface area contributed by atoms with E-state index in [0.29, 0.717) is 28.2 Å². The van der Waals surface area contributed by atoms with E-state index in [9.17, 15) is 9.59 Å². The zero-order chi connectivity index (χ0) is 19.1. The first kappa shape index (κ1) is 18.0. The maximum Gasteiger partial charge on any atom is 0.264 e. The number of carbonyl (C=O) groups excluding carboxylic acids is 1. The smallest absolute Gasteiger partial charge is 0.264 e. The molecule has 0 spiro atoms. The van der Waals surface area contributed by atoms with Gasteiger partial charge in [0.25, 0.3) is 11.5 Å². The van der Waals surface area contributed by atoms with Gasteiger partial charge in [-0.3, -0.25) is 14.2 Å². The summed E-state index contributed by atoms with van der Waals surface area (Å²) in [4.78, 5) is 33.7. The molecule has 27 heavy (non-hydrogen) atoms. The molecule has 7 heteroatoms. The summed E-state index contributed by atoms with van der Waals surface area (Å²) in [7, 11) is 1.75. The van der Waals surface area contributed by atoms with Crippen molar-refractivity contribution in [1.82, 2.24) is 14.5 Å².